The molecule has 10 heteroatoms. The summed E-state index contributed by atoms with van der Waals surface area (Å²) in [6.45, 7) is 4.68. The predicted molar refractivity (Wildman–Crippen MR) is 140 cm³/mol. The zero-order valence-corrected chi connectivity index (χ0v) is 20.9. The Balaban J connectivity index is 1.26. The largest absolute Gasteiger partial charge is 0.489 e. The summed E-state index contributed by atoms with van der Waals surface area (Å²) in [5.41, 5.74) is 8.05. The van der Waals surface area contributed by atoms with Gasteiger partial charge in [0, 0.05) is 24.3 Å². The van der Waals surface area contributed by atoms with Crippen LogP contribution in [0.4, 0.5) is 0 Å². The molecule has 0 aliphatic heterocycles. The van der Waals surface area contributed by atoms with Crippen LogP contribution in [0.1, 0.15) is 29.8 Å². The lowest BCUT2D eigenvalue weighted by Gasteiger charge is -2.28. The normalized spacial score (nSPS) is 12.4. The number of aromatic nitrogens is 3. The quantitative estimate of drug-likeness (QED) is 0.194. The molecule has 1 unspecified atom stereocenters. The SMILES string of the molecule is CC(C)(Cc1ccc(Oc2ccc(C(N)=O)cn2)cc1)NCC(O)COc1cccc2[nH]c(=S)[nH]c12. The van der Waals surface area contributed by atoms with Crippen LogP contribution < -0.4 is 20.5 Å². The van der Waals surface area contributed by atoms with E-state index >= 15 is 0 Å². The Morgan fingerprint density at radius 3 is 2.64 bits per heavy atom. The second-order valence-corrected chi connectivity index (χ2v) is 9.57. The number of para-hydroxylation sites is 1. The second-order valence-electron chi connectivity index (χ2n) is 9.16. The number of ether oxygens (including phenoxy) is 2. The highest BCUT2D eigenvalue weighted by Crippen LogP contribution is 2.23. The van der Waals surface area contributed by atoms with E-state index in [-0.39, 0.29) is 12.1 Å². The Bertz CT molecular complexity index is 1380. The number of imidazole rings is 1. The van der Waals surface area contributed by atoms with E-state index in [4.69, 9.17) is 27.4 Å². The molecule has 0 saturated heterocycles. The van der Waals surface area contributed by atoms with E-state index in [0.717, 1.165) is 23.0 Å². The summed E-state index contributed by atoms with van der Waals surface area (Å²) < 4.78 is 12.1. The summed E-state index contributed by atoms with van der Waals surface area (Å²) in [6, 6.07) is 16.5. The number of pyridine rings is 1. The van der Waals surface area contributed by atoms with Crippen molar-refractivity contribution < 1.29 is 19.4 Å². The number of benzene rings is 2. The molecule has 9 nitrogen and oxygen atoms in total. The minimum absolute atomic E-state index is 0.147. The average Bonchev–Trinajstić information content (AvgIpc) is 3.23. The zero-order chi connectivity index (χ0) is 25.7. The van der Waals surface area contributed by atoms with Crippen LogP contribution in [-0.4, -0.2) is 50.8 Å². The Morgan fingerprint density at radius 1 is 1.17 bits per heavy atom. The number of amides is 1. The van der Waals surface area contributed by atoms with E-state index in [1.54, 1.807) is 12.1 Å². The fraction of sp³-hybridized carbons (Fsp3) is 0.269. The fourth-order valence-corrected chi connectivity index (χ4v) is 3.96. The van der Waals surface area contributed by atoms with Crippen LogP contribution in [-0.2, 0) is 6.42 Å². The van der Waals surface area contributed by atoms with Crippen LogP contribution in [0.5, 0.6) is 17.4 Å². The Hall–Kier alpha value is -3.73. The van der Waals surface area contributed by atoms with Gasteiger partial charge in [-0.2, -0.15) is 0 Å². The van der Waals surface area contributed by atoms with Crippen LogP contribution in [0.3, 0.4) is 0 Å². The predicted octanol–water partition coefficient (Wildman–Crippen LogP) is 3.86. The van der Waals surface area contributed by atoms with Crippen LogP contribution in [0.25, 0.3) is 11.0 Å². The molecule has 0 fully saturated rings. The summed E-state index contributed by atoms with van der Waals surface area (Å²) in [6.07, 6.45) is 1.44. The van der Waals surface area contributed by atoms with Crippen molar-refractivity contribution in [2.45, 2.75) is 31.9 Å². The van der Waals surface area contributed by atoms with Gasteiger partial charge in [0.05, 0.1) is 11.1 Å². The molecule has 36 heavy (non-hydrogen) atoms. The van der Waals surface area contributed by atoms with Gasteiger partial charge in [0.15, 0.2) is 4.77 Å². The van der Waals surface area contributed by atoms with Crippen LogP contribution in [0, 0.1) is 4.77 Å². The van der Waals surface area contributed by atoms with E-state index in [2.05, 4.69) is 34.1 Å². The van der Waals surface area contributed by atoms with E-state index < -0.39 is 12.0 Å². The molecule has 6 N–H and O–H groups in total. The third-order valence-corrected chi connectivity index (χ3v) is 5.78. The fourth-order valence-electron chi connectivity index (χ4n) is 3.75. The number of carbonyl (C=O) groups is 1. The maximum absolute atomic E-state index is 11.2. The first kappa shape index (κ1) is 25.4. The smallest absolute Gasteiger partial charge is 0.250 e. The molecule has 0 radical (unpaired) electrons. The Labute approximate surface area is 213 Å². The second kappa shape index (κ2) is 10.9. The number of aliphatic hydroxyl groups excluding tert-OH is 1. The number of β-amino-alcohol motifs (C(OH)–C–C–N with tert-alkyl or cyclic N) is 1. The highest BCUT2D eigenvalue weighted by molar-refractivity contribution is 7.71. The van der Waals surface area contributed by atoms with Gasteiger partial charge in [0.1, 0.15) is 29.7 Å². The number of carbonyl (C=O) groups excluding carboxylic acids is 1. The number of hydrogen-bond acceptors (Lipinski definition) is 7. The number of primary amides is 1. The van der Waals surface area contributed by atoms with E-state index in [9.17, 15) is 9.90 Å². The maximum atomic E-state index is 11.2. The molecule has 4 rings (SSSR count). The number of H-pyrrole nitrogens is 2. The Kier molecular flexibility index (Phi) is 7.68. The molecule has 0 saturated carbocycles. The summed E-state index contributed by atoms with van der Waals surface area (Å²) in [4.78, 5) is 21.4. The van der Waals surface area contributed by atoms with Gasteiger partial charge in [-0.1, -0.05) is 18.2 Å². The van der Waals surface area contributed by atoms with Gasteiger partial charge < -0.3 is 35.6 Å². The first-order valence-corrected chi connectivity index (χ1v) is 11.9. The van der Waals surface area contributed by atoms with Crippen molar-refractivity contribution >= 4 is 29.2 Å². The lowest BCUT2D eigenvalue weighted by molar-refractivity contribution is 0.0994. The Morgan fingerprint density at radius 2 is 1.94 bits per heavy atom. The first-order valence-electron chi connectivity index (χ1n) is 11.5. The first-order chi connectivity index (χ1) is 17.2. The van der Waals surface area contributed by atoms with Gasteiger partial charge in [-0.25, -0.2) is 4.98 Å². The number of nitrogens with one attached hydrogen (secondary N) is 3. The molecule has 0 bridgehead atoms. The van der Waals surface area contributed by atoms with E-state index in [1.807, 2.05) is 42.5 Å². The third-order valence-electron chi connectivity index (χ3n) is 5.57. The molecular formula is C26H29N5O4S. The molecule has 2 aromatic carbocycles. The molecule has 4 aromatic rings. The average molecular weight is 508 g/mol. The number of hydrogen-bond donors (Lipinski definition) is 5. The number of aromatic amines is 2. The number of fused-ring (bicyclic) bond motifs is 1. The lowest BCUT2D eigenvalue weighted by Crippen LogP contribution is -2.46. The van der Waals surface area contributed by atoms with Crippen LogP contribution in [0.15, 0.2) is 60.8 Å². The molecule has 0 aliphatic carbocycles. The molecule has 2 heterocycles. The maximum Gasteiger partial charge on any atom is 0.250 e. The highest BCUT2D eigenvalue weighted by Gasteiger charge is 2.20. The van der Waals surface area contributed by atoms with Crippen molar-refractivity contribution in [3.8, 4) is 17.4 Å². The van der Waals surface area contributed by atoms with Crippen molar-refractivity contribution in [1.29, 1.82) is 0 Å². The van der Waals surface area contributed by atoms with Crippen molar-refractivity contribution in [3.63, 3.8) is 0 Å². The van der Waals surface area contributed by atoms with Crippen molar-refractivity contribution in [3.05, 3.63) is 76.7 Å². The third kappa shape index (κ3) is 6.69. The van der Waals surface area contributed by atoms with Gasteiger partial charge in [-0.3, -0.25) is 4.79 Å². The standard InChI is InChI=1S/C26H29N5O4S/c1-26(2,29-14-18(32)15-34-21-5-3-4-20-23(21)31-25(36)30-20)12-16-6-9-19(10-7-16)35-22-11-8-17(13-28-22)24(27)33/h3-11,13,18,29,32H,12,14-15H2,1-2H3,(H2,27,33)(H2,30,31,36). The number of aliphatic hydroxyl groups is 1. The molecule has 1 amide bonds. The summed E-state index contributed by atoms with van der Waals surface area (Å²) in [7, 11) is 0. The number of nitrogens with two attached hydrogens (primary N) is 1. The monoisotopic (exact) mass is 507 g/mol. The number of nitrogens with zero attached hydrogens (tertiary/aromatic N) is 1. The minimum Gasteiger partial charge on any atom is -0.489 e. The minimum atomic E-state index is -0.689. The van der Waals surface area contributed by atoms with Crippen molar-refractivity contribution in [1.82, 2.24) is 20.3 Å². The topological polar surface area (TPSA) is 138 Å². The summed E-state index contributed by atoms with van der Waals surface area (Å²) in [5, 5.41) is 13.9. The molecule has 2 aromatic heterocycles. The van der Waals surface area contributed by atoms with Gasteiger partial charge in [-0.15, -0.1) is 0 Å². The molecule has 0 aliphatic rings. The van der Waals surface area contributed by atoms with Gasteiger partial charge in [0.2, 0.25) is 11.8 Å². The van der Waals surface area contributed by atoms with Crippen molar-refractivity contribution in [2.75, 3.05) is 13.2 Å². The molecule has 188 valence electrons. The van der Waals surface area contributed by atoms with Gasteiger partial charge in [-0.05, 0) is 68.4 Å². The lowest BCUT2D eigenvalue weighted by atomic mass is 9.94. The zero-order valence-electron chi connectivity index (χ0n) is 20.1. The molecular weight excluding hydrogens is 478 g/mol. The van der Waals surface area contributed by atoms with E-state index in [0.29, 0.717) is 34.3 Å². The molecule has 0 spiro atoms. The van der Waals surface area contributed by atoms with Gasteiger partial charge in [0.25, 0.3) is 0 Å². The number of rotatable bonds is 11. The molecule has 1 atom stereocenters. The summed E-state index contributed by atoms with van der Waals surface area (Å²) in [5.74, 6) is 1.11. The highest BCUT2D eigenvalue weighted by atomic mass is 32.1. The van der Waals surface area contributed by atoms with Crippen LogP contribution >= 0.6 is 12.2 Å². The van der Waals surface area contributed by atoms with E-state index in [1.165, 1.54) is 6.20 Å². The summed E-state index contributed by atoms with van der Waals surface area (Å²) >= 11 is 5.14. The van der Waals surface area contributed by atoms with Crippen molar-refractivity contribution in [2.24, 2.45) is 5.73 Å². The van der Waals surface area contributed by atoms with Gasteiger partial charge >= 0.3 is 0 Å². The van der Waals surface area contributed by atoms with Crippen LogP contribution in [0.2, 0.25) is 0 Å².